The molecule has 5 heteroatoms. The highest BCUT2D eigenvalue weighted by Gasteiger charge is 2.30. The standard InChI is InChI=1S/C16H21NO4/c1-2-12-5-7-14(8-6-12)21-11-15(18)17-9-3-4-13(17)10-16(19)20/h5-8,13H,2-4,9-11H2,1H3,(H,19,20). The first-order chi connectivity index (χ1) is 10.1. The van der Waals surface area contributed by atoms with Crippen molar-refractivity contribution in [1.82, 2.24) is 4.90 Å². The molecule has 114 valence electrons. The van der Waals surface area contributed by atoms with E-state index in [1.54, 1.807) is 4.90 Å². The maximum atomic E-state index is 12.1. The van der Waals surface area contributed by atoms with Crippen molar-refractivity contribution in [2.24, 2.45) is 0 Å². The molecule has 1 amide bonds. The van der Waals surface area contributed by atoms with Gasteiger partial charge in [-0.2, -0.15) is 0 Å². The number of hydrogen-bond donors (Lipinski definition) is 1. The van der Waals surface area contributed by atoms with E-state index in [4.69, 9.17) is 9.84 Å². The molecule has 21 heavy (non-hydrogen) atoms. The van der Waals surface area contributed by atoms with Gasteiger partial charge in [0.25, 0.3) is 5.91 Å². The van der Waals surface area contributed by atoms with Crippen molar-refractivity contribution in [3.8, 4) is 5.75 Å². The third kappa shape index (κ3) is 4.21. The fraction of sp³-hybridized carbons (Fsp3) is 0.500. The number of nitrogens with zero attached hydrogens (tertiary/aromatic N) is 1. The second kappa shape index (κ2) is 7.11. The molecule has 1 N–H and O–H groups in total. The summed E-state index contributed by atoms with van der Waals surface area (Å²) in [7, 11) is 0. The van der Waals surface area contributed by atoms with E-state index in [1.807, 2.05) is 24.3 Å². The first-order valence-corrected chi connectivity index (χ1v) is 7.33. The summed E-state index contributed by atoms with van der Waals surface area (Å²) in [5.41, 5.74) is 1.22. The number of likely N-dealkylation sites (tertiary alicyclic amines) is 1. The molecule has 0 aliphatic carbocycles. The molecule has 1 aliphatic heterocycles. The zero-order chi connectivity index (χ0) is 15.2. The van der Waals surface area contributed by atoms with Crippen LogP contribution in [0, 0.1) is 0 Å². The summed E-state index contributed by atoms with van der Waals surface area (Å²) < 4.78 is 5.49. The highest BCUT2D eigenvalue weighted by molar-refractivity contribution is 5.79. The molecule has 5 nitrogen and oxygen atoms in total. The van der Waals surface area contributed by atoms with Gasteiger partial charge < -0.3 is 14.7 Å². The fourth-order valence-corrected chi connectivity index (χ4v) is 2.63. The van der Waals surface area contributed by atoms with E-state index in [-0.39, 0.29) is 25.0 Å². The Balaban J connectivity index is 1.87. The van der Waals surface area contributed by atoms with Crippen molar-refractivity contribution in [3.05, 3.63) is 29.8 Å². The Bertz CT molecular complexity index is 498. The van der Waals surface area contributed by atoms with Crippen LogP contribution in [0.4, 0.5) is 0 Å². The van der Waals surface area contributed by atoms with Crippen molar-refractivity contribution < 1.29 is 19.4 Å². The smallest absolute Gasteiger partial charge is 0.305 e. The first kappa shape index (κ1) is 15.4. The summed E-state index contributed by atoms with van der Waals surface area (Å²) in [6.45, 7) is 2.66. The Labute approximate surface area is 124 Å². The molecule has 1 heterocycles. The zero-order valence-corrected chi connectivity index (χ0v) is 12.2. The van der Waals surface area contributed by atoms with Crippen LogP contribution in [0.25, 0.3) is 0 Å². The number of aryl methyl sites for hydroxylation is 1. The van der Waals surface area contributed by atoms with Gasteiger partial charge >= 0.3 is 5.97 Å². The van der Waals surface area contributed by atoms with Crippen molar-refractivity contribution in [2.75, 3.05) is 13.2 Å². The van der Waals surface area contributed by atoms with Gasteiger partial charge in [-0.3, -0.25) is 9.59 Å². The number of carboxylic acids is 1. The molecule has 0 bridgehead atoms. The van der Waals surface area contributed by atoms with E-state index in [9.17, 15) is 9.59 Å². The van der Waals surface area contributed by atoms with Crippen LogP contribution in [-0.2, 0) is 16.0 Å². The van der Waals surface area contributed by atoms with Gasteiger partial charge in [-0.15, -0.1) is 0 Å². The molecule has 0 spiro atoms. The predicted octanol–water partition coefficient (Wildman–Crippen LogP) is 2.09. The van der Waals surface area contributed by atoms with Crippen LogP contribution in [0.5, 0.6) is 5.75 Å². The Morgan fingerprint density at radius 1 is 1.33 bits per heavy atom. The highest BCUT2D eigenvalue weighted by Crippen LogP contribution is 2.20. The number of ether oxygens (including phenoxy) is 1. The van der Waals surface area contributed by atoms with Crippen LogP contribution in [0.2, 0.25) is 0 Å². The van der Waals surface area contributed by atoms with Crippen LogP contribution < -0.4 is 4.74 Å². The van der Waals surface area contributed by atoms with Gasteiger partial charge in [0.2, 0.25) is 0 Å². The lowest BCUT2D eigenvalue weighted by atomic mass is 10.1. The molecule has 1 aromatic rings. The van der Waals surface area contributed by atoms with Crippen molar-refractivity contribution >= 4 is 11.9 Å². The number of carboxylic acid groups (broad SMARTS) is 1. The summed E-state index contributed by atoms with van der Waals surface area (Å²) in [6, 6.07) is 7.46. The third-order valence-electron chi connectivity index (χ3n) is 3.80. The Kier molecular flexibility index (Phi) is 5.20. The second-order valence-corrected chi connectivity index (χ2v) is 5.27. The summed E-state index contributed by atoms with van der Waals surface area (Å²) in [5.74, 6) is -0.344. The van der Waals surface area contributed by atoms with Gasteiger partial charge in [0.05, 0.1) is 6.42 Å². The van der Waals surface area contributed by atoms with Crippen molar-refractivity contribution in [2.45, 2.75) is 38.6 Å². The quantitative estimate of drug-likeness (QED) is 0.871. The van der Waals surface area contributed by atoms with E-state index in [2.05, 4.69) is 6.92 Å². The number of hydrogen-bond acceptors (Lipinski definition) is 3. The second-order valence-electron chi connectivity index (χ2n) is 5.27. The van der Waals surface area contributed by atoms with Gasteiger partial charge in [0.15, 0.2) is 6.61 Å². The van der Waals surface area contributed by atoms with E-state index in [1.165, 1.54) is 5.56 Å². The van der Waals surface area contributed by atoms with Gasteiger partial charge in [-0.05, 0) is 37.0 Å². The van der Waals surface area contributed by atoms with E-state index >= 15 is 0 Å². The number of benzene rings is 1. The molecule has 2 rings (SSSR count). The maximum absolute atomic E-state index is 12.1. The molecule has 1 fully saturated rings. The molecule has 1 aromatic carbocycles. The van der Waals surface area contributed by atoms with Crippen LogP contribution in [0.15, 0.2) is 24.3 Å². The summed E-state index contributed by atoms with van der Waals surface area (Å²) >= 11 is 0. The third-order valence-corrected chi connectivity index (χ3v) is 3.80. The van der Waals surface area contributed by atoms with Crippen LogP contribution in [-0.4, -0.2) is 41.1 Å². The molecule has 1 saturated heterocycles. The number of aliphatic carboxylic acids is 1. The minimum absolute atomic E-state index is 0.0109. The summed E-state index contributed by atoms with van der Waals surface area (Å²) in [6.07, 6.45) is 2.58. The van der Waals surface area contributed by atoms with E-state index in [0.29, 0.717) is 12.3 Å². The molecule has 0 saturated carbocycles. The molecular weight excluding hydrogens is 270 g/mol. The fourth-order valence-electron chi connectivity index (χ4n) is 2.63. The average Bonchev–Trinajstić information content (AvgIpc) is 2.92. The minimum atomic E-state index is -0.865. The number of rotatable bonds is 6. The number of carbonyl (C=O) groups is 2. The van der Waals surface area contributed by atoms with Gasteiger partial charge in [-0.1, -0.05) is 19.1 Å². The topological polar surface area (TPSA) is 66.8 Å². The van der Waals surface area contributed by atoms with Gasteiger partial charge in [0.1, 0.15) is 5.75 Å². The monoisotopic (exact) mass is 291 g/mol. The van der Waals surface area contributed by atoms with Gasteiger partial charge in [0, 0.05) is 12.6 Å². The molecular formula is C16H21NO4. The molecule has 1 unspecified atom stereocenters. The Morgan fingerprint density at radius 3 is 2.67 bits per heavy atom. The summed E-state index contributed by atoms with van der Waals surface area (Å²) in [4.78, 5) is 24.6. The zero-order valence-electron chi connectivity index (χ0n) is 12.2. The van der Waals surface area contributed by atoms with E-state index in [0.717, 1.165) is 19.3 Å². The number of amides is 1. The Morgan fingerprint density at radius 2 is 2.05 bits per heavy atom. The molecule has 0 radical (unpaired) electrons. The lowest BCUT2D eigenvalue weighted by molar-refractivity contribution is -0.140. The molecule has 1 aliphatic rings. The van der Waals surface area contributed by atoms with Crippen molar-refractivity contribution in [1.29, 1.82) is 0 Å². The normalized spacial score (nSPS) is 17.8. The van der Waals surface area contributed by atoms with Gasteiger partial charge in [-0.25, -0.2) is 0 Å². The molecule has 0 aromatic heterocycles. The van der Waals surface area contributed by atoms with Crippen LogP contribution >= 0.6 is 0 Å². The lowest BCUT2D eigenvalue weighted by Crippen LogP contribution is -2.39. The highest BCUT2D eigenvalue weighted by atomic mass is 16.5. The first-order valence-electron chi connectivity index (χ1n) is 7.33. The minimum Gasteiger partial charge on any atom is -0.484 e. The van der Waals surface area contributed by atoms with Crippen molar-refractivity contribution in [3.63, 3.8) is 0 Å². The predicted molar refractivity (Wildman–Crippen MR) is 78.3 cm³/mol. The van der Waals surface area contributed by atoms with Crippen LogP contribution in [0.3, 0.4) is 0 Å². The lowest BCUT2D eigenvalue weighted by Gasteiger charge is -2.23. The van der Waals surface area contributed by atoms with E-state index < -0.39 is 5.97 Å². The average molecular weight is 291 g/mol. The SMILES string of the molecule is CCc1ccc(OCC(=O)N2CCCC2CC(=O)O)cc1. The molecule has 1 atom stereocenters. The maximum Gasteiger partial charge on any atom is 0.305 e. The number of carbonyl (C=O) groups excluding carboxylic acids is 1. The van der Waals surface area contributed by atoms with Crippen LogP contribution in [0.1, 0.15) is 31.7 Å². The summed E-state index contributed by atoms with van der Waals surface area (Å²) in [5, 5.41) is 8.86. The largest absolute Gasteiger partial charge is 0.484 e. The Hall–Kier alpha value is -2.04.